The summed E-state index contributed by atoms with van der Waals surface area (Å²) < 4.78 is 27.8. The zero-order valence-electron chi connectivity index (χ0n) is 13.0. The van der Waals surface area contributed by atoms with Crippen LogP contribution in [0.5, 0.6) is 0 Å². The minimum absolute atomic E-state index is 0.249. The van der Waals surface area contributed by atoms with Crippen LogP contribution in [0, 0.1) is 0 Å². The van der Waals surface area contributed by atoms with E-state index in [-0.39, 0.29) is 17.1 Å². The molecule has 0 unspecified atom stereocenters. The van der Waals surface area contributed by atoms with Crippen LogP contribution in [-0.4, -0.2) is 31.0 Å². The first kappa shape index (κ1) is 17.1. The first-order valence-electron chi connectivity index (χ1n) is 7.16. The molecule has 0 aliphatic rings. The maximum Gasteiger partial charge on any atom is 0.288 e. The van der Waals surface area contributed by atoms with Crippen molar-refractivity contribution in [1.82, 2.24) is 19.3 Å². The molecule has 2 heterocycles. The standard InChI is InChI=1S/C15H13F2N5O2S/c1-21-13-9(6-19-21)14(24)22(8-18-13)7-12(23)20-10-4-2-3-5-11(10)25-15(16)17/h2-6,8,15H,7H2,1H3,(H,20,23). The van der Waals surface area contributed by atoms with Crippen molar-refractivity contribution in [1.29, 1.82) is 0 Å². The number of amides is 1. The number of alkyl halides is 2. The topological polar surface area (TPSA) is 81.8 Å². The zero-order valence-corrected chi connectivity index (χ0v) is 13.8. The highest BCUT2D eigenvalue weighted by atomic mass is 32.2. The lowest BCUT2D eigenvalue weighted by Crippen LogP contribution is -2.28. The fraction of sp³-hybridized carbons (Fsp3) is 0.200. The number of fused-ring (bicyclic) bond motifs is 1. The molecule has 1 N–H and O–H groups in total. The fourth-order valence-electron chi connectivity index (χ4n) is 2.29. The number of nitrogens with one attached hydrogen (secondary N) is 1. The van der Waals surface area contributed by atoms with Crippen LogP contribution in [0.4, 0.5) is 14.5 Å². The normalized spacial score (nSPS) is 11.2. The summed E-state index contributed by atoms with van der Waals surface area (Å²) in [5, 5.41) is 6.79. The molecule has 0 fully saturated rings. The van der Waals surface area contributed by atoms with Crippen molar-refractivity contribution in [2.45, 2.75) is 17.2 Å². The molecule has 3 rings (SSSR count). The summed E-state index contributed by atoms with van der Waals surface area (Å²) in [6.07, 6.45) is 2.64. The number of rotatable bonds is 5. The Kier molecular flexibility index (Phi) is 4.79. The molecular formula is C15H13F2N5O2S. The van der Waals surface area contributed by atoms with Crippen LogP contribution >= 0.6 is 11.8 Å². The molecule has 2 aromatic heterocycles. The van der Waals surface area contributed by atoms with Gasteiger partial charge in [-0.15, -0.1) is 0 Å². The van der Waals surface area contributed by atoms with E-state index in [4.69, 9.17) is 0 Å². The van der Waals surface area contributed by atoms with Gasteiger partial charge in [0.2, 0.25) is 5.91 Å². The van der Waals surface area contributed by atoms with E-state index in [1.807, 2.05) is 0 Å². The summed E-state index contributed by atoms with van der Waals surface area (Å²) in [5.74, 6) is -3.12. The number of aromatic nitrogens is 4. The van der Waals surface area contributed by atoms with Gasteiger partial charge in [0.25, 0.3) is 11.3 Å². The van der Waals surface area contributed by atoms with Gasteiger partial charge in [0.1, 0.15) is 18.3 Å². The second-order valence-corrected chi connectivity index (χ2v) is 6.14. The van der Waals surface area contributed by atoms with Gasteiger partial charge in [0.15, 0.2) is 5.65 Å². The Morgan fingerprint density at radius 2 is 2.12 bits per heavy atom. The van der Waals surface area contributed by atoms with Crippen LogP contribution in [0.3, 0.4) is 0 Å². The predicted molar refractivity (Wildman–Crippen MR) is 89.7 cm³/mol. The van der Waals surface area contributed by atoms with E-state index < -0.39 is 17.2 Å². The van der Waals surface area contributed by atoms with Crippen LogP contribution < -0.4 is 10.9 Å². The molecule has 0 spiro atoms. The first-order chi connectivity index (χ1) is 12.0. The van der Waals surface area contributed by atoms with Gasteiger partial charge >= 0.3 is 0 Å². The van der Waals surface area contributed by atoms with Crippen molar-refractivity contribution in [3.05, 3.63) is 47.1 Å². The van der Waals surface area contributed by atoms with Gasteiger partial charge in [-0.2, -0.15) is 13.9 Å². The van der Waals surface area contributed by atoms with Crippen LogP contribution in [0.1, 0.15) is 0 Å². The number of carbonyl (C=O) groups is 1. The van der Waals surface area contributed by atoms with E-state index >= 15 is 0 Å². The van der Waals surface area contributed by atoms with E-state index in [1.165, 1.54) is 29.3 Å². The Morgan fingerprint density at radius 1 is 1.36 bits per heavy atom. The highest BCUT2D eigenvalue weighted by molar-refractivity contribution is 7.99. The van der Waals surface area contributed by atoms with Crippen LogP contribution in [0.2, 0.25) is 0 Å². The Balaban J connectivity index is 1.80. The van der Waals surface area contributed by atoms with Gasteiger partial charge in [-0.05, 0) is 12.1 Å². The summed E-state index contributed by atoms with van der Waals surface area (Å²) in [4.78, 5) is 28.9. The second-order valence-electron chi connectivity index (χ2n) is 5.11. The molecule has 0 saturated carbocycles. The lowest BCUT2D eigenvalue weighted by atomic mass is 10.3. The molecule has 0 aliphatic carbocycles. The van der Waals surface area contributed by atoms with E-state index in [0.29, 0.717) is 22.8 Å². The molecule has 3 aromatic rings. The third-order valence-electron chi connectivity index (χ3n) is 3.41. The maximum atomic E-state index is 12.6. The Hall–Kier alpha value is -2.75. The largest absolute Gasteiger partial charge is 0.324 e. The van der Waals surface area contributed by atoms with E-state index in [2.05, 4.69) is 15.4 Å². The van der Waals surface area contributed by atoms with Gasteiger partial charge in [-0.1, -0.05) is 23.9 Å². The van der Waals surface area contributed by atoms with Crippen molar-refractivity contribution < 1.29 is 13.6 Å². The van der Waals surface area contributed by atoms with Gasteiger partial charge in [0, 0.05) is 11.9 Å². The third kappa shape index (κ3) is 3.68. The smallest absolute Gasteiger partial charge is 0.288 e. The third-order valence-corrected chi connectivity index (χ3v) is 4.20. The summed E-state index contributed by atoms with van der Waals surface area (Å²) in [6.45, 7) is -0.287. The SMILES string of the molecule is Cn1ncc2c(=O)n(CC(=O)Nc3ccccc3SC(F)F)cnc21. The summed E-state index contributed by atoms with van der Waals surface area (Å²) >= 11 is 0.341. The molecule has 0 aliphatic heterocycles. The highest BCUT2D eigenvalue weighted by Gasteiger charge is 2.14. The quantitative estimate of drug-likeness (QED) is 0.700. The second kappa shape index (κ2) is 7.01. The van der Waals surface area contributed by atoms with Crippen molar-refractivity contribution in [2.75, 3.05) is 5.32 Å². The van der Waals surface area contributed by atoms with E-state index in [9.17, 15) is 18.4 Å². The number of hydrogen-bond acceptors (Lipinski definition) is 5. The highest BCUT2D eigenvalue weighted by Crippen LogP contribution is 2.31. The number of benzene rings is 1. The molecule has 0 radical (unpaired) electrons. The van der Waals surface area contributed by atoms with Crippen molar-refractivity contribution in [3.8, 4) is 0 Å². The Labute approximate surface area is 144 Å². The number of para-hydroxylation sites is 1. The van der Waals surface area contributed by atoms with Crippen molar-refractivity contribution in [2.24, 2.45) is 7.05 Å². The summed E-state index contributed by atoms with van der Waals surface area (Å²) in [5.41, 5.74) is 0.282. The molecule has 0 atom stereocenters. The number of aryl methyl sites for hydroxylation is 1. The lowest BCUT2D eigenvalue weighted by Gasteiger charge is -2.11. The maximum absolute atomic E-state index is 12.6. The molecule has 130 valence electrons. The van der Waals surface area contributed by atoms with Crippen LogP contribution in [0.25, 0.3) is 11.0 Å². The number of nitrogens with zero attached hydrogens (tertiary/aromatic N) is 4. The van der Waals surface area contributed by atoms with Gasteiger partial charge in [-0.3, -0.25) is 18.8 Å². The Bertz CT molecular complexity index is 985. The minimum atomic E-state index is -2.60. The summed E-state index contributed by atoms with van der Waals surface area (Å²) in [6, 6.07) is 6.24. The fourth-order valence-corrected chi connectivity index (χ4v) is 2.89. The average Bonchev–Trinajstić information content (AvgIpc) is 2.93. The number of anilines is 1. The van der Waals surface area contributed by atoms with Crippen molar-refractivity contribution in [3.63, 3.8) is 0 Å². The first-order valence-corrected chi connectivity index (χ1v) is 8.04. The number of carbonyl (C=O) groups excluding carboxylic acids is 1. The number of hydrogen-bond donors (Lipinski definition) is 1. The monoisotopic (exact) mass is 365 g/mol. The molecule has 1 amide bonds. The Morgan fingerprint density at radius 3 is 2.88 bits per heavy atom. The molecular weight excluding hydrogens is 352 g/mol. The molecule has 0 bridgehead atoms. The van der Waals surface area contributed by atoms with Gasteiger partial charge in [0.05, 0.1) is 11.9 Å². The van der Waals surface area contributed by atoms with Crippen LogP contribution in [-0.2, 0) is 18.4 Å². The van der Waals surface area contributed by atoms with Gasteiger partial charge in [-0.25, -0.2) is 4.98 Å². The molecule has 7 nitrogen and oxygen atoms in total. The van der Waals surface area contributed by atoms with Crippen LogP contribution in [0.15, 0.2) is 46.5 Å². The van der Waals surface area contributed by atoms with E-state index in [0.717, 1.165) is 4.57 Å². The number of thioether (sulfide) groups is 1. The molecule has 10 heteroatoms. The number of halogens is 2. The predicted octanol–water partition coefficient (Wildman–Crippen LogP) is 2.08. The molecule has 0 saturated heterocycles. The van der Waals surface area contributed by atoms with Crippen molar-refractivity contribution >= 4 is 34.4 Å². The average molecular weight is 365 g/mol. The van der Waals surface area contributed by atoms with E-state index in [1.54, 1.807) is 19.2 Å². The zero-order chi connectivity index (χ0) is 18.0. The minimum Gasteiger partial charge on any atom is -0.324 e. The molecule has 1 aromatic carbocycles. The molecule has 25 heavy (non-hydrogen) atoms. The lowest BCUT2D eigenvalue weighted by molar-refractivity contribution is -0.116. The summed E-state index contributed by atoms with van der Waals surface area (Å²) in [7, 11) is 1.66. The van der Waals surface area contributed by atoms with Gasteiger partial charge < -0.3 is 5.32 Å².